The largest absolute Gasteiger partial charge is 0.340 e. The number of benzene rings is 2. The van der Waals surface area contributed by atoms with Crippen molar-refractivity contribution >= 4 is 55.1 Å². The molecule has 144 valence electrons. The number of sulfonamides is 1. The van der Waals surface area contributed by atoms with Gasteiger partial charge in [-0.25, -0.2) is 8.42 Å². The minimum Gasteiger partial charge on any atom is -0.340 e. The first-order chi connectivity index (χ1) is 12.8. The van der Waals surface area contributed by atoms with Crippen LogP contribution in [0.3, 0.4) is 0 Å². The molecule has 0 aliphatic carbocycles. The van der Waals surface area contributed by atoms with Crippen LogP contribution in [-0.4, -0.2) is 49.7 Å². The first-order valence-corrected chi connectivity index (χ1v) is 11.2. The third-order valence-corrected chi connectivity index (χ3v) is 7.46. The van der Waals surface area contributed by atoms with E-state index in [9.17, 15) is 13.2 Å². The predicted molar refractivity (Wildman–Crippen MR) is 110 cm³/mol. The molecule has 27 heavy (non-hydrogen) atoms. The molecule has 0 unspecified atom stereocenters. The molecule has 0 aromatic heterocycles. The molecule has 1 saturated heterocycles. The van der Waals surface area contributed by atoms with Crippen LogP contribution in [0.25, 0.3) is 0 Å². The van der Waals surface area contributed by atoms with E-state index in [1.807, 2.05) is 24.3 Å². The fourth-order valence-corrected chi connectivity index (χ4v) is 5.53. The molecule has 0 spiro atoms. The average Bonchev–Trinajstić information content (AvgIpc) is 2.63. The molecule has 0 saturated carbocycles. The number of carbonyl (C=O) groups is 1. The van der Waals surface area contributed by atoms with E-state index >= 15 is 0 Å². The Kier molecular flexibility index (Phi) is 6.48. The van der Waals surface area contributed by atoms with E-state index in [0.717, 1.165) is 10.0 Å². The maximum Gasteiger partial charge on any atom is 0.244 e. The van der Waals surface area contributed by atoms with E-state index in [0.29, 0.717) is 18.1 Å². The van der Waals surface area contributed by atoms with Crippen molar-refractivity contribution < 1.29 is 13.2 Å². The van der Waals surface area contributed by atoms with Crippen LogP contribution >= 0.6 is 39.1 Å². The highest BCUT2D eigenvalue weighted by molar-refractivity contribution is 9.10. The lowest BCUT2D eigenvalue weighted by molar-refractivity contribution is -0.131. The second-order valence-corrected chi connectivity index (χ2v) is 9.83. The molecule has 9 heteroatoms. The fraction of sp³-hybridized carbons (Fsp3) is 0.278. The molecule has 0 bridgehead atoms. The summed E-state index contributed by atoms with van der Waals surface area (Å²) in [5, 5.41) is 0.438. The second-order valence-electron chi connectivity index (χ2n) is 6.17. The van der Waals surface area contributed by atoms with Crippen molar-refractivity contribution in [2.45, 2.75) is 11.3 Å². The van der Waals surface area contributed by atoms with Gasteiger partial charge in [-0.3, -0.25) is 4.79 Å². The molecule has 3 rings (SSSR count). The van der Waals surface area contributed by atoms with Gasteiger partial charge in [-0.1, -0.05) is 51.3 Å². The van der Waals surface area contributed by atoms with E-state index in [1.165, 1.54) is 16.4 Å². The van der Waals surface area contributed by atoms with Crippen molar-refractivity contribution in [1.29, 1.82) is 0 Å². The van der Waals surface area contributed by atoms with Gasteiger partial charge in [-0.2, -0.15) is 4.31 Å². The SMILES string of the molecule is O=C(Cc1cccc(Br)c1)N1CCN(S(=O)(=O)c2cc(Cl)ccc2Cl)CC1. The van der Waals surface area contributed by atoms with Gasteiger partial charge in [0.1, 0.15) is 4.90 Å². The molecular weight excluding hydrogens is 475 g/mol. The molecule has 1 amide bonds. The molecule has 2 aromatic rings. The lowest BCUT2D eigenvalue weighted by Crippen LogP contribution is -2.50. The number of piperazine rings is 1. The summed E-state index contributed by atoms with van der Waals surface area (Å²) in [6.45, 7) is 1.11. The molecule has 1 aliphatic rings. The second kappa shape index (κ2) is 8.49. The Morgan fingerprint density at radius 1 is 1.04 bits per heavy atom. The van der Waals surface area contributed by atoms with Gasteiger partial charge in [0, 0.05) is 35.7 Å². The maximum atomic E-state index is 12.8. The lowest BCUT2D eigenvalue weighted by atomic mass is 10.1. The number of nitrogens with zero attached hydrogens (tertiary/aromatic N) is 2. The molecule has 0 N–H and O–H groups in total. The summed E-state index contributed by atoms with van der Waals surface area (Å²) < 4.78 is 27.9. The monoisotopic (exact) mass is 490 g/mol. The van der Waals surface area contributed by atoms with Gasteiger partial charge in [-0.05, 0) is 35.9 Å². The third-order valence-electron chi connectivity index (χ3n) is 4.35. The summed E-state index contributed by atoms with van der Waals surface area (Å²) in [4.78, 5) is 14.2. The van der Waals surface area contributed by atoms with Gasteiger partial charge in [-0.15, -0.1) is 0 Å². The van der Waals surface area contributed by atoms with E-state index in [4.69, 9.17) is 23.2 Å². The fourth-order valence-electron chi connectivity index (χ4n) is 2.93. The Morgan fingerprint density at radius 2 is 1.74 bits per heavy atom. The highest BCUT2D eigenvalue weighted by Gasteiger charge is 2.31. The molecule has 0 radical (unpaired) electrons. The van der Waals surface area contributed by atoms with Crippen molar-refractivity contribution in [3.8, 4) is 0 Å². The molecule has 1 aliphatic heterocycles. The zero-order chi connectivity index (χ0) is 19.6. The highest BCUT2D eigenvalue weighted by Crippen LogP contribution is 2.28. The average molecular weight is 492 g/mol. The van der Waals surface area contributed by atoms with Crippen LogP contribution in [0.5, 0.6) is 0 Å². The first-order valence-electron chi connectivity index (χ1n) is 8.25. The number of hydrogen-bond donors (Lipinski definition) is 0. The summed E-state index contributed by atoms with van der Waals surface area (Å²) in [5.74, 6) is -0.0223. The normalized spacial score (nSPS) is 15.7. The van der Waals surface area contributed by atoms with Crippen molar-refractivity contribution in [2.75, 3.05) is 26.2 Å². The molecule has 0 atom stereocenters. The summed E-state index contributed by atoms with van der Waals surface area (Å²) in [7, 11) is -3.76. The molecule has 1 fully saturated rings. The van der Waals surface area contributed by atoms with Crippen molar-refractivity contribution in [1.82, 2.24) is 9.21 Å². The van der Waals surface area contributed by atoms with Crippen LogP contribution in [-0.2, 0) is 21.2 Å². The van der Waals surface area contributed by atoms with Crippen molar-refractivity contribution in [3.63, 3.8) is 0 Å². The zero-order valence-corrected chi connectivity index (χ0v) is 18.2. The Labute approximate surface area is 177 Å². The quantitative estimate of drug-likeness (QED) is 0.653. The van der Waals surface area contributed by atoms with E-state index in [2.05, 4.69) is 15.9 Å². The van der Waals surface area contributed by atoms with Gasteiger partial charge in [0.05, 0.1) is 11.4 Å². The summed E-state index contributed by atoms with van der Waals surface area (Å²) in [5.41, 5.74) is 0.912. The number of carbonyl (C=O) groups excluding carboxylic acids is 1. The predicted octanol–water partition coefficient (Wildman–Crippen LogP) is 3.83. The van der Waals surface area contributed by atoms with Gasteiger partial charge in [0.25, 0.3) is 0 Å². The van der Waals surface area contributed by atoms with Crippen molar-refractivity contribution in [3.05, 3.63) is 62.5 Å². The Bertz CT molecular complexity index is 961. The number of rotatable bonds is 4. The van der Waals surface area contributed by atoms with Gasteiger partial charge < -0.3 is 4.90 Å². The standard InChI is InChI=1S/C18H17BrCl2N2O3S/c19-14-3-1-2-13(10-14)11-18(24)22-6-8-23(9-7-22)27(25,26)17-12-15(20)4-5-16(17)21/h1-5,10,12H,6-9,11H2. The Morgan fingerprint density at radius 3 is 2.41 bits per heavy atom. The van der Waals surface area contributed by atoms with Crippen LogP contribution in [0.4, 0.5) is 0 Å². The van der Waals surface area contributed by atoms with E-state index < -0.39 is 10.0 Å². The van der Waals surface area contributed by atoms with Crippen LogP contribution in [0.1, 0.15) is 5.56 Å². The van der Waals surface area contributed by atoms with Crippen LogP contribution in [0.2, 0.25) is 10.0 Å². The van der Waals surface area contributed by atoms with Crippen LogP contribution in [0, 0.1) is 0 Å². The minimum atomic E-state index is -3.76. The van der Waals surface area contributed by atoms with E-state index in [-0.39, 0.29) is 35.3 Å². The maximum absolute atomic E-state index is 12.8. The number of hydrogen-bond acceptors (Lipinski definition) is 3. The Hall–Kier alpha value is -1.12. The topological polar surface area (TPSA) is 57.7 Å². The molecule has 1 heterocycles. The first kappa shape index (κ1) is 20.6. The van der Waals surface area contributed by atoms with E-state index in [1.54, 1.807) is 11.0 Å². The van der Waals surface area contributed by atoms with Crippen LogP contribution < -0.4 is 0 Å². The summed E-state index contributed by atoms with van der Waals surface area (Å²) in [6.07, 6.45) is 0.284. The molecule has 5 nitrogen and oxygen atoms in total. The third kappa shape index (κ3) is 4.84. The minimum absolute atomic E-state index is 0.00872. The molecule has 2 aromatic carbocycles. The Balaban J connectivity index is 1.66. The zero-order valence-electron chi connectivity index (χ0n) is 14.2. The summed E-state index contributed by atoms with van der Waals surface area (Å²) in [6, 6.07) is 11.9. The summed E-state index contributed by atoms with van der Waals surface area (Å²) >= 11 is 15.4. The van der Waals surface area contributed by atoms with Crippen molar-refractivity contribution in [2.24, 2.45) is 0 Å². The number of amides is 1. The van der Waals surface area contributed by atoms with Crippen LogP contribution in [0.15, 0.2) is 51.8 Å². The van der Waals surface area contributed by atoms with Gasteiger partial charge in [0.15, 0.2) is 0 Å². The lowest BCUT2D eigenvalue weighted by Gasteiger charge is -2.34. The smallest absolute Gasteiger partial charge is 0.244 e. The molecular formula is C18H17BrCl2N2O3S. The van der Waals surface area contributed by atoms with Gasteiger partial charge in [0.2, 0.25) is 15.9 Å². The van der Waals surface area contributed by atoms with Gasteiger partial charge >= 0.3 is 0 Å². The highest BCUT2D eigenvalue weighted by atomic mass is 79.9. The number of halogens is 3.